The highest BCUT2D eigenvalue weighted by atomic mass is 127. The van der Waals surface area contributed by atoms with Gasteiger partial charge in [0.15, 0.2) is 0 Å². The SMILES string of the molecule is O=S(=O)(c1ccccc1)n1cnc(I)c1. The molecule has 2 rings (SSSR count). The van der Waals surface area contributed by atoms with E-state index in [1.54, 1.807) is 30.3 Å². The van der Waals surface area contributed by atoms with Crippen LogP contribution >= 0.6 is 22.6 Å². The standard InChI is InChI=1S/C9H7IN2O2S/c10-9-6-12(7-11-9)15(13,14)8-4-2-1-3-5-8/h1-7H. The summed E-state index contributed by atoms with van der Waals surface area (Å²) < 4.78 is 25.7. The zero-order chi connectivity index (χ0) is 10.9. The largest absolute Gasteiger partial charge is 0.268 e. The van der Waals surface area contributed by atoms with Crippen molar-refractivity contribution in [3.63, 3.8) is 0 Å². The molecule has 0 N–H and O–H groups in total. The van der Waals surface area contributed by atoms with E-state index in [0.717, 1.165) is 3.97 Å². The Kier molecular flexibility index (Phi) is 2.79. The van der Waals surface area contributed by atoms with Gasteiger partial charge in [0.2, 0.25) is 0 Å². The molecule has 0 fully saturated rings. The lowest BCUT2D eigenvalue weighted by molar-refractivity contribution is 0.587. The number of nitrogens with zero attached hydrogens (tertiary/aromatic N) is 2. The molecule has 6 heteroatoms. The molecule has 0 saturated carbocycles. The Morgan fingerprint density at radius 2 is 1.87 bits per heavy atom. The van der Waals surface area contributed by atoms with Gasteiger partial charge in [0.1, 0.15) is 10.0 Å². The molecule has 0 bridgehead atoms. The second kappa shape index (κ2) is 3.93. The second-order valence-corrected chi connectivity index (χ2v) is 5.79. The molecule has 0 unspecified atom stereocenters. The van der Waals surface area contributed by atoms with Crippen LogP contribution in [0.4, 0.5) is 0 Å². The third-order valence-electron chi connectivity index (χ3n) is 1.85. The van der Waals surface area contributed by atoms with Gasteiger partial charge in [0.25, 0.3) is 10.0 Å². The first kappa shape index (κ1) is 10.6. The Balaban J connectivity index is 2.54. The van der Waals surface area contributed by atoms with Gasteiger partial charge in [0, 0.05) is 0 Å². The highest BCUT2D eigenvalue weighted by Crippen LogP contribution is 2.13. The number of benzene rings is 1. The molecule has 0 aliphatic carbocycles. The maximum absolute atomic E-state index is 12.0. The van der Waals surface area contributed by atoms with E-state index in [0.29, 0.717) is 3.70 Å². The molecule has 0 saturated heterocycles. The minimum atomic E-state index is -3.47. The minimum absolute atomic E-state index is 0.263. The molecule has 0 aliphatic heterocycles. The van der Waals surface area contributed by atoms with Crippen LogP contribution in [0.5, 0.6) is 0 Å². The van der Waals surface area contributed by atoms with Crippen LogP contribution in [0.1, 0.15) is 0 Å². The van der Waals surface area contributed by atoms with Gasteiger partial charge in [-0.05, 0) is 34.7 Å². The van der Waals surface area contributed by atoms with Crippen LogP contribution in [0.3, 0.4) is 0 Å². The Bertz CT molecular complexity index is 563. The fourth-order valence-electron chi connectivity index (χ4n) is 1.13. The lowest BCUT2D eigenvalue weighted by atomic mass is 10.4. The number of halogens is 1. The number of rotatable bonds is 2. The summed E-state index contributed by atoms with van der Waals surface area (Å²) in [6, 6.07) is 8.27. The normalized spacial score (nSPS) is 11.5. The Labute approximate surface area is 101 Å². The summed E-state index contributed by atoms with van der Waals surface area (Å²) in [6.45, 7) is 0. The monoisotopic (exact) mass is 334 g/mol. The zero-order valence-corrected chi connectivity index (χ0v) is 10.5. The van der Waals surface area contributed by atoms with Crippen molar-refractivity contribution in [2.24, 2.45) is 0 Å². The molecule has 78 valence electrons. The molecule has 2 aromatic rings. The maximum atomic E-state index is 12.0. The second-order valence-electron chi connectivity index (χ2n) is 2.84. The summed E-state index contributed by atoms with van der Waals surface area (Å²) in [5, 5.41) is 0. The van der Waals surface area contributed by atoms with Crippen LogP contribution < -0.4 is 0 Å². The van der Waals surface area contributed by atoms with Gasteiger partial charge in [0.05, 0.1) is 11.1 Å². The molecule has 0 spiro atoms. The number of hydrogen-bond donors (Lipinski definition) is 0. The molecule has 1 aromatic heterocycles. The van der Waals surface area contributed by atoms with Gasteiger partial charge in [-0.1, -0.05) is 18.2 Å². The Morgan fingerprint density at radius 1 is 1.20 bits per heavy atom. The van der Waals surface area contributed by atoms with Crippen LogP contribution in [0.15, 0.2) is 47.8 Å². The minimum Gasteiger partial charge on any atom is -0.230 e. The molecule has 0 radical (unpaired) electrons. The first-order valence-electron chi connectivity index (χ1n) is 4.11. The van der Waals surface area contributed by atoms with Crippen molar-refractivity contribution in [3.05, 3.63) is 46.6 Å². The van der Waals surface area contributed by atoms with E-state index in [1.165, 1.54) is 12.5 Å². The molecule has 0 atom stereocenters. The average Bonchev–Trinajstić information content (AvgIpc) is 2.67. The molecule has 1 heterocycles. The molecule has 1 aromatic carbocycles. The summed E-state index contributed by atoms with van der Waals surface area (Å²) in [5.74, 6) is 0. The molecule has 0 amide bonds. The average molecular weight is 334 g/mol. The van der Waals surface area contributed by atoms with Crippen molar-refractivity contribution in [1.82, 2.24) is 8.96 Å². The summed E-state index contributed by atoms with van der Waals surface area (Å²) in [7, 11) is -3.47. The van der Waals surface area contributed by atoms with Crippen molar-refractivity contribution in [3.8, 4) is 0 Å². The van der Waals surface area contributed by atoms with Crippen LogP contribution in [0.25, 0.3) is 0 Å². The Morgan fingerprint density at radius 3 is 2.40 bits per heavy atom. The van der Waals surface area contributed by atoms with Crippen molar-refractivity contribution in [1.29, 1.82) is 0 Å². The molecule has 15 heavy (non-hydrogen) atoms. The van der Waals surface area contributed by atoms with Gasteiger partial charge in [-0.2, -0.15) is 0 Å². The predicted molar refractivity (Wildman–Crippen MR) is 64.0 cm³/mol. The smallest absolute Gasteiger partial charge is 0.230 e. The van der Waals surface area contributed by atoms with Crippen molar-refractivity contribution in [2.45, 2.75) is 4.90 Å². The summed E-state index contributed by atoms with van der Waals surface area (Å²) in [5.41, 5.74) is 0. The fraction of sp³-hybridized carbons (Fsp3) is 0. The van der Waals surface area contributed by atoms with E-state index in [1.807, 2.05) is 22.6 Å². The molecular weight excluding hydrogens is 327 g/mol. The van der Waals surface area contributed by atoms with Crippen molar-refractivity contribution < 1.29 is 8.42 Å². The van der Waals surface area contributed by atoms with Crippen LogP contribution in [0, 0.1) is 3.70 Å². The number of aromatic nitrogens is 2. The van der Waals surface area contributed by atoms with Crippen LogP contribution in [-0.4, -0.2) is 17.4 Å². The Hall–Kier alpha value is -0.890. The van der Waals surface area contributed by atoms with Gasteiger partial charge >= 0.3 is 0 Å². The lowest BCUT2D eigenvalue weighted by Gasteiger charge is -2.03. The third-order valence-corrected chi connectivity index (χ3v) is 4.03. The summed E-state index contributed by atoms with van der Waals surface area (Å²) >= 11 is 1.96. The van der Waals surface area contributed by atoms with Gasteiger partial charge < -0.3 is 0 Å². The van der Waals surface area contributed by atoms with Crippen molar-refractivity contribution in [2.75, 3.05) is 0 Å². The first-order chi connectivity index (χ1) is 7.10. The van der Waals surface area contributed by atoms with Gasteiger partial charge in [-0.15, -0.1) is 0 Å². The number of imidazole rings is 1. The highest BCUT2D eigenvalue weighted by molar-refractivity contribution is 14.1. The molecule has 4 nitrogen and oxygen atoms in total. The maximum Gasteiger partial charge on any atom is 0.268 e. The van der Waals surface area contributed by atoms with E-state index in [2.05, 4.69) is 4.98 Å². The predicted octanol–water partition coefficient (Wildman–Crippen LogP) is 1.72. The van der Waals surface area contributed by atoms with Crippen LogP contribution in [-0.2, 0) is 10.0 Å². The highest BCUT2D eigenvalue weighted by Gasteiger charge is 2.15. The lowest BCUT2D eigenvalue weighted by Crippen LogP contribution is -2.10. The van der Waals surface area contributed by atoms with Crippen LogP contribution in [0.2, 0.25) is 0 Å². The van der Waals surface area contributed by atoms with Gasteiger partial charge in [-0.3, -0.25) is 0 Å². The third kappa shape index (κ3) is 2.05. The van der Waals surface area contributed by atoms with E-state index < -0.39 is 10.0 Å². The molecular formula is C9H7IN2O2S. The van der Waals surface area contributed by atoms with Crippen molar-refractivity contribution >= 4 is 32.6 Å². The van der Waals surface area contributed by atoms with Gasteiger partial charge in [-0.25, -0.2) is 17.4 Å². The van der Waals surface area contributed by atoms with E-state index in [4.69, 9.17) is 0 Å². The van der Waals surface area contributed by atoms with E-state index in [-0.39, 0.29) is 4.90 Å². The summed E-state index contributed by atoms with van der Waals surface area (Å²) in [4.78, 5) is 4.14. The van der Waals surface area contributed by atoms with E-state index >= 15 is 0 Å². The quantitative estimate of drug-likeness (QED) is 0.786. The zero-order valence-electron chi connectivity index (χ0n) is 7.54. The summed E-state index contributed by atoms with van der Waals surface area (Å²) in [6.07, 6.45) is 2.77. The molecule has 0 aliphatic rings. The van der Waals surface area contributed by atoms with E-state index in [9.17, 15) is 8.42 Å². The fourth-order valence-corrected chi connectivity index (χ4v) is 2.90. The topological polar surface area (TPSA) is 52.0 Å². The first-order valence-corrected chi connectivity index (χ1v) is 6.63. The number of hydrogen-bond acceptors (Lipinski definition) is 3.